The molecule has 24 heavy (non-hydrogen) atoms. The summed E-state index contributed by atoms with van der Waals surface area (Å²) in [6.07, 6.45) is 4.01. The smallest absolute Gasteiger partial charge is 0.410 e. The minimum atomic E-state index is -1.02. The van der Waals surface area contributed by atoms with Crippen molar-refractivity contribution in [1.29, 1.82) is 0 Å². The summed E-state index contributed by atoms with van der Waals surface area (Å²) in [5.41, 5.74) is 0.244. The van der Waals surface area contributed by atoms with Crippen LogP contribution in [0.1, 0.15) is 56.1 Å². The van der Waals surface area contributed by atoms with Crippen LogP contribution in [-0.2, 0) is 11.3 Å². The topological polar surface area (TPSA) is 108 Å². The molecule has 3 N–H and O–H groups in total. The lowest BCUT2D eigenvalue weighted by atomic mass is 10.1. The fourth-order valence-electron chi connectivity index (χ4n) is 2.82. The molecule has 1 aromatic heterocycles. The zero-order valence-electron chi connectivity index (χ0n) is 14.5. The van der Waals surface area contributed by atoms with E-state index in [1.165, 1.54) is 6.20 Å². The van der Waals surface area contributed by atoms with Gasteiger partial charge in [0.1, 0.15) is 11.3 Å². The molecule has 1 atom stereocenters. The number of nitrogens with one attached hydrogen (secondary N) is 2. The molecule has 0 spiro atoms. The molecule has 1 saturated heterocycles. The summed E-state index contributed by atoms with van der Waals surface area (Å²) in [4.78, 5) is 25.0. The van der Waals surface area contributed by atoms with Crippen LogP contribution in [-0.4, -0.2) is 57.0 Å². The Balaban J connectivity index is 1.78. The maximum Gasteiger partial charge on any atom is 0.410 e. The molecule has 0 aromatic carbocycles. The van der Waals surface area contributed by atoms with Crippen molar-refractivity contribution in [2.45, 2.75) is 58.2 Å². The second kappa shape index (κ2) is 7.65. The van der Waals surface area contributed by atoms with Crippen LogP contribution >= 0.6 is 0 Å². The number of H-pyrrole nitrogens is 1. The van der Waals surface area contributed by atoms with E-state index in [-0.39, 0.29) is 17.8 Å². The minimum absolute atomic E-state index is 0.110. The Hall–Kier alpha value is -2.09. The van der Waals surface area contributed by atoms with E-state index < -0.39 is 11.6 Å². The van der Waals surface area contributed by atoms with Gasteiger partial charge in [-0.25, -0.2) is 9.59 Å². The van der Waals surface area contributed by atoms with Crippen LogP contribution in [0.3, 0.4) is 0 Å². The van der Waals surface area contributed by atoms with Gasteiger partial charge in [-0.2, -0.15) is 5.10 Å². The van der Waals surface area contributed by atoms with E-state index >= 15 is 0 Å². The van der Waals surface area contributed by atoms with Crippen molar-refractivity contribution in [2.24, 2.45) is 0 Å². The molecule has 2 rings (SSSR count). The first kappa shape index (κ1) is 18.3. The zero-order chi connectivity index (χ0) is 17.7. The third-order valence-corrected chi connectivity index (χ3v) is 3.91. The van der Waals surface area contributed by atoms with Crippen LogP contribution in [0.4, 0.5) is 4.79 Å². The van der Waals surface area contributed by atoms with Crippen molar-refractivity contribution < 1.29 is 19.4 Å². The number of aromatic nitrogens is 2. The van der Waals surface area contributed by atoms with Gasteiger partial charge >= 0.3 is 12.1 Å². The van der Waals surface area contributed by atoms with Crippen LogP contribution in [0, 0.1) is 0 Å². The number of nitrogens with zero attached hydrogens (tertiary/aromatic N) is 2. The molecule has 1 aromatic rings. The standard InChI is InChI=1S/C16H26N4O4/c1-16(2,3)24-15(23)20-8-4-5-12(20)6-7-17-9-11-10-18-19-13(11)14(21)22/h10,12,17H,4-9H2,1-3H3,(H,18,19)(H,21,22). The number of hydrogen-bond donors (Lipinski definition) is 3. The van der Waals surface area contributed by atoms with Gasteiger partial charge in [0.25, 0.3) is 0 Å². The minimum Gasteiger partial charge on any atom is -0.477 e. The number of aromatic carboxylic acids is 1. The number of carboxylic acids is 1. The predicted octanol–water partition coefficient (Wildman–Crippen LogP) is 1.99. The van der Waals surface area contributed by atoms with Crippen molar-refractivity contribution >= 4 is 12.1 Å². The molecule has 8 nitrogen and oxygen atoms in total. The van der Waals surface area contributed by atoms with E-state index in [9.17, 15) is 9.59 Å². The maximum atomic E-state index is 12.2. The first-order valence-corrected chi connectivity index (χ1v) is 8.24. The molecule has 134 valence electrons. The number of ether oxygens (including phenoxy) is 1. The molecular formula is C16H26N4O4. The summed E-state index contributed by atoms with van der Waals surface area (Å²) in [5, 5.41) is 18.5. The summed E-state index contributed by atoms with van der Waals surface area (Å²) < 4.78 is 5.45. The maximum absolute atomic E-state index is 12.2. The number of carboxylic acid groups (broad SMARTS) is 1. The second-order valence-corrected chi connectivity index (χ2v) is 7.01. The number of rotatable bonds is 6. The van der Waals surface area contributed by atoms with Crippen LogP contribution in [0.2, 0.25) is 0 Å². The Morgan fingerprint density at radius 1 is 1.50 bits per heavy atom. The van der Waals surface area contributed by atoms with E-state index in [0.717, 1.165) is 25.8 Å². The number of carbonyl (C=O) groups excluding carboxylic acids is 1. The van der Waals surface area contributed by atoms with Crippen molar-refractivity contribution in [3.8, 4) is 0 Å². The van der Waals surface area contributed by atoms with E-state index in [4.69, 9.17) is 9.84 Å². The SMILES string of the molecule is CC(C)(C)OC(=O)N1CCCC1CCNCc1cn[nH]c1C(=O)O. The summed E-state index contributed by atoms with van der Waals surface area (Å²) in [6, 6.07) is 0.163. The number of amides is 1. The van der Waals surface area contributed by atoms with Gasteiger partial charge in [0.15, 0.2) is 0 Å². The lowest BCUT2D eigenvalue weighted by molar-refractivity contribution is 0.0220. The van der Waals surface area contributed by atoms with Crippen LogP contribution in [0.15, 0.2) is 6.20 Å². The van der Waals surface area contributed by atoms with Gasteiger partial charge in [0, 0.05) is 24.7 Å². The summed E-state index contributed by atoms with van der Waals surface area (Å²) >= 11 is 0. The molecule has 0 bridgehead atoms. The Bertz CT molecular complexity index is 579. The van der Waals surface area contributed by atoms with Crippen LogP contribution in [0.25, 0.3) is 0 Å². The molecule has 8 heteroatoms. The van der Waals surface area contributed by atoms with Crippen LogP contribution in [0.5, 0.6) is 0 Å². The van der Waals surface area contributed by atoms with Gasteiger partial charge in [-0.15, -0.1) is 0 Å². The van der Waals surface area contributed by atoms with Gasteiger partial charge in [0.2, 0.25) is 0 Å². The molecular weight excluding hydrogens is 312 g/mol. The normalized spacial score (nSPS) is 18.0. The Morgan fingerprint density at radius 3 is 2.92 bits per heavy atom. The fraction of sp³-hybridized carbons (Fsp3) is 0.688. The Labute approximate surface area is 141 Å². The molecule has 0 radical (unpaired) electrons. The third kappa shape index (κ3) is 4.95. The van der Waals surface area contributed by atoms with Crippen LogP contribution < -0.4 is 5.32 Å². The quantitative estimate of drug-likeness (QED) is 0.685. The number of likely N-dealkylation sites (tertiary alicyclic amines) is 1. The highest BCUT2D eigenvalue weighted by atomic mass is 16.6. The molecule has 0 aliphatic carbocycles. The predicted molar refractivity (Wildman–Crippen MR) is 87.8 cm³/mol. The molecule has 1 fully saturated rings. The molecule has 1 aliphatic rings. The third-order valence-electron chi connectivity index (χ3n) is 3.91. The van der Waals surface area contributed by atoms with Gasteiger partial charge in [-0.1, -0.05) is 0 Å². The average molecular weight is 338 g/mol. The Morgan fingerprint density at radius 2 is 2.25 bits per heavy atom. The molecule has 1 unspecified atom stereocenters. The first-order valence-electron chi connectivity index (χ1n) is 8.24. The number of carbonyl (C=O) groups is 2. The fourth-order valence-corrected chi connectivity index (χ4v) is 2.82. The second-order valence-electron chi connectivity index (χ2n) is 7.01. The zero-order valence-corrected chi connectivity index (χ0v) is 14.5. The van der Waals surface area contributed by atoms with Crippen molar-refractivity contribution in [1.82, 2.24) is 20.4 Å². The molecule has 1 aliphatic heterocycles. The number of aromatic amines is 1. The number of hydrogen-bond acceptors (Lipinski definition) is 5. The molecule has 2 heterocycles. The largest absolute Gasteiger partial charge is 0.477 e. The molecule has 0 saturated carbocycles. The van der Waals surface area contributed by atoms with Gasteiger partial charge in [-0.05, 0) is 46.6 Å². The lowest BCUT2D eigenvalue weighted by Gasteiger charge is -2.28. The first-order chi connectivity index (χ1) is 11.3. The van der Waals surface area contributed by atoms with Crippen molar-refractivity contribution in [2.75, 3.05) is 13.1 Å². The highest BCUT2D eigenvalue weighted by Gasteiger charge is 2.31. The monoisotopic (exact) mass is 338 g/mol. The van der Waals surface area contributed by atoms with Crippen molar-refractivity contribution in [3.63, 3.8) is 0 Å². The highest BCUT2D eigenvalue weighted by molar-refractivity contribution is 5.86. The van der Waals surface area contributed by atoms with Gasteiger partial charge < -0.3 is 20.1 Å². The summed E-state index contributed by atoms with van der Waals surface area (Å²) in [7, 11) is 0. The highest BCUT2D eigenvalue weighted by Crippen LogP contribution is 2.22. The average Bonchev–Trinajstić information content (AvgIpc) is 3.10. The van der Waals surface area contributed by atoms with E-state index in [1.807, 2.05) is 20.8 Å². The van der Waals surface area contributed by atoms with E-state index in [2.05, 4.69) is 15.5 Å². The summed E-state index contributed by atoms with van der Waals surface area (Å²) in [6.45, 7) is 7.43. The molecule has 1 amide bonds. The summed E-state index contributed by atoms with van der Waals surface area (Å²) in [5.74, 6) is -1.02. The van der Waals surface area contributed by atoms with Gasteiger partial charge in [-0.3, -0.25) is 5.10 Å². The van der Waals surface area contributed by atoms with E-state index in [0.29, 0.717) is 18.7 Å². The lowest BCUT2D eigenvalue weighted by Crippen LogP contribution is -2.40. The van der Waals surface area contributed by atoms with Crippen molar-refractivity contribution in [3.05, 3.63) is 17.5 Å². The van der Waals surface area contributed by atoms with E-state index in [1.54, 1.807) is 4.90 Å². The Kier molecular flexibility index (Phi) is 5.82. The van der Waals surface area contributed by atoms with Gasteiger partial charge in [0.05, 0.1) is 6.20 Å².